The van der Waals surface area contributed by atoms with Gasteiger partial charge in [-0.2, -0.15) is 0 Å². The Morgan fingerprint density at radius 2 is 1.36 bits per heavy atom. The highest BCUT2D eigenvalue weighted by atomic mass is 35.5. The first-order valence-corrected chi connectivity index (χ1v) is 16.6. The van der Waals surface area contributed by atoms with Crippen molar-refractivity contribution in [3.8, 4) is 0 Å². The second-order valence-corrected chi connectivity index (χ2v) is 12.8. The first-order valence-electron chi connectivity index (χ1n) is 14.4. The minimum atomic E-state index is -4.17. The number of halogens is 2. The molecule has 0 bridgehead atoms. The summed E-state index contributed by atoms with van der Waals surface area (Å²) in [6.45, 7) is 3.47. The number of rotatable bonds is 13. The van der Waals surface area contributed by atoms with E-state index in [1.807, 2.05) is 49.4 Å². The molecule has 0 radical (unpaired) electrons. The van der Waals surface area contributed by atoms with Crippen molar-refractivity contribution in [2.45, 2.75) is 44.2 Å². The molecular weight excluding hydrogens is 617 g/mol. The molecular formula is C34H35Cl2N3O4S. The summed E-state index contributed by atoms with van der Waals surface area (Å²) in [5.74, 6) is -0.968. The molecule has 0 aromatic heterocycles. The maximum Gasteiger partial charge on any atom is 0.264 e. The van der Waals surface area contributed by atoms with Crippen LogP contribution in [0.4, 0.5) is 5.69 Å². The third kappa shape index (κ3) is 8.00. The van der Waals surface area contributed by atoms with Gasteiger partial charge in [-0.3, -0.25) is 13.9 Å². The van der Waals surface area contributed by atoms with Crippen LogP contribution in [0.3, 0.4) is 0 Å². The van der Waals surface area contributed by atoms with Gasteiger partial charge in [-0.25, -0.2) is 8.42 Å². The van der Waals surface area contributed by atoms with Gasteiger partial charge < -0.3 is 10.2 Å². The number of aryl methyl sites for hydroxylation is 1. The van der Waals surface area contributed by atoms with Crippen molar-refractivity contribution >= 4 is 50.7 Å². The zero-order valence-electron chi connectivity index (χ0n) is 24.6. The third-order valence-electron chi connectivity index (χ3n) is 7.25. The normalized spacial score (nSPS) is 11.9. The zero-order valence-corrected chi connectivity index (χ0v) is 26.9. The Kier molecular flexibility index (Phi) is 11.4. The zero-order chi connectivity index (χ0) is 31.7. The Morgan fingerprint density at radius 3 is 1.93 bits per heavy atom. The number of likely N-dealkylation sites (N-methyl/N-ethyl adjacent to an activating group) is 1. The second-order valence-electron chi connectivity index (χ2n) is 10.2. The van der Waals surface area contributed by atoms with Crippen LogP contribution in [0, 0.1) is 0 Å². The predicted molar refractivity (Wildman–Crippen MR) is 176 cm³/mol. The van der Waals surface area contributed by atoms with Gasteiger partial charge in [0.1, 0.15) is 12.6 Å². The van der Waals surface area contributed by atoms with E-state index in [9.17, 15) is 18.0 Å². The van der Waals surface area contributed by atoms with E-state index in [4.69, 9.17) is 23.2 Å². The van der Waals surface area contributed by atoms with Gasteiger partial charge in [0.05, 0.1) is 10.6 Å². The largest absolute Gasteiger partial charge is 0.355 e. The van der Waals surface area contributed by atoms with Crippen molar-refractivity contribution in [3.63, 3.8) is 0 Å². The summed E-state index contributed by atoms with van der Waals surface area (Å²) in [4.78, 5) is 29.5. The second kappa shape index (κ2) is 15.2. The SMILES string of the molecule is CCNC(=O)[C@H](Cc1ccccc1)N(Cc1c(Cl)cccc1Cl)C(=O)CN(c1ccc(CC)cc1)S(=O)(=O)c1ccccc1. The Morgan fingerprint density at radius 1 is 0.773 bits per heavy atom. The molecule has 0 aliphatic rings. The molecule has 230 valence electrons. The van der Waals surface area contributed by atoms with Crippen LogP contribution < -0.4 is 9.62 Å². The highest BCUT2D eigenvalue weighted by molar-refractivity contribution is 7.92. The molecule has 4 aromatic rings. The summed E-state index contributed by atoms with van der Waals surface area (Å²) in [5, 5.41) is 3.49. The highest BCUT2D eigenvalue weighted by Crippen LogP contribution is 2.29. The van der Waals surface area contributed by atoms with E-state index in [1.165, 1.54) is 17.0 Å². The molecule has 0 fully saturated rings. The van der Waals surface area contributed by atoms with Crippen LogP contribution in [-0.4, -0.2) is 44.3 Å². The standard InChI is InChI=1S/C34H35Cl2N3O4S/c1-3-25-18-20-27(21-19-25)39(44(42,43)28-14-9-6-10-15-28)24-33(40)38(23-29-30(35)16-11-17-31(29)36)32(34(41)37-4-2)22-26-12-7-5-8-13-26/h5-21,32H,3-4,22-24H2,1-2H3,(H,37,41)/t32-/m0/s1. The van der Waals surface area contributed by atoms with Crippen molar-refractivity contribution in [1.82, 2.24) is 10.2 Å². The fourth-order valence-electron chi connectivity index (χ4n) is 4.85. The lowest BCUT2D eigenvalue weighted by Gasteiger charge is -2.34. The number of amides is 2. The van der Waals surface area contributed by atoms with Crippen LogP contribution >= 0.6 is 23.2 Å². The lowest BCUT2D eigenvalue weighted by Crippen LogP contribution is -2.53. The molecule has 1 N–H and O–H groups in total. The van der Waals surface area contributed by atoms with E-state index in [-0.39, 0.29) is 23.8 Å². The summed E-state index contributed by atoms with van der Waals surface area (Å²) in [5.41, 5.74) is 2.63. The average Bonchev–Trinajstić information content (AvgIpc) is 3.03. The summed E-state index contributed by atoms with van der Waals surface area (Å²) < 4.78 is 29.2. The van der Waals surface area contributed by atoms with Crippen LogP contribution in [-0.2, 0) is 39.0 Å². The predicted octanol–water partition coefficient (Wildman–Crippen LogP) is 6.53. The van der Waals surface area contributed by atoms with Gasteiger partial charge in [0.25, 0.3) is 10.0 Å². The maximum absolute atomic E-state index is 14.4. The smallest absolute Gasteiger partial charge is 0.264 e. The minimum absolute atomic E-state index is 0.0395. The Hall–Kier alpha value is -3.85. The van der Waals surface area contributed by atoms with Crippen LogP contribution in [0.25, 0.3) is 0 Å². The van der Waals surface area contributed by atoms with Crippen LogP contribution in [0.5, 0.6) is 0 Å². The summed E-state index contributed by atoms with van der Waals surface area (Å²) in [6, 6.07) is 28.4. The van der Waals surface area contributed by atoms with Crippen molar-refractivity contribution < 1.29 is 18.0 Å². The fraction of sp³-hybridized carbons (Fsp3) is 0.235. The van der Waals surface area contributed by atoms with E-state index >= 15 is 0 Å². The Bertz CT molecular complexity index is 1650. The number of benzene rings is 4. The number of sulfonamides is 1. The molecule has 4 aromatic carbocycles. The van der Waals surface area contributed by atoms with E-state index < -0.39 is 28.5 Å². The van der Waals surface area contributed by atoms with Crippen LogP contribution in [0.1, 0.15) is 30.5 Å². The fourth-order valence-corrected chi connectivity index (χ4v) is 6.80. The number of anilines is 1. The lowest BCUT2D eigenvalue weighted by molar-refractivity contribution is -0.140. The van der Waals surface area contributed by atoms with E-state index in [2.05, 4.69) is 5.32 Å². The highest BCUT2D eigenvalue weighted by Gasteiger charge is 2.35. The van der Waals surface area contributed by atoms with Crippen molar-refractivity contribution in [2.75, 3.05) is 17.4 Å². The van der Waals surface area contributed by atoms with E-state index in [0.717, 1.165) is 21.9 Å². The quantitative estimate of drug-likeness (QED) is 0.178. The number of hydrogen-bond donors (Lipinski definition) is 1. The van der Waals surface area contributed by atoms with E-state index in [0.29, 0.717) is 27.8 Å². The number of nitrogens with one attached hydrogen (secondary N) is 1. The summed E-state index contributed by atoms with van der Waals surface area (Å²) in [7, 11) is -4.17. The topological polar surface area (TPSA) is 86.8 Å². The van der Waals surface area contributed by atoms with Gasteiger partial charge in [-0.1, -0.05) is 96.9 Å². The van der Waals surface area contributed by atoms with Gasteiger partial charge in [-0.15, -0.1) is 0 Å². The molecule has 44 heavy (non-hydrogen) atoms. The monoisotopic (exact) mass is 651 g/mol. The molecule has 1 atom stereocenters. The van der Waals surface area contributed by atoms with Gasteiger partial charge in [0.15, 0.2) is 0 Å². The lowest BCUT2D eigenvalue weighted by atomic mass is 10.0. The summed E-state index contributed by atoms with van der Waals surface area (Å²) in [6.07, 6.45) is 0.960. The molecule has 10 heteroatoms. The Balaban J connectivity index is 1.82. The number of nitrogens with zero attached hydrogens (tertiary/aromatic N) is 2. The average molecular weight is 653 g/mol. The molecule has 0 spiro atoms. The van der Waals surface area contributed by atoms with Gasteiger partial charge in [0, 0.05) is 35.1 Å². The van der Waals surface area contributed by atoms with Crippen molar-refractivity contribution in [2.24, 2.45) is 0 Å². The summed E-state index contributed by atoms with van der Waals surface area (Å²) >= 11 is 13.1. The first kappa shape index (κ1) is 33.1. The molecule has 2 amide bonds. The molecule has 0 aliphatic carbocycles. The number of hydrogen-bond acceptors (Lipinski definition) is 4. The molecule has 7 nitrogen and oxygen atoms in total. The van der Waals surface area contributed by atoms with Crippen LogP contribution in [0.2, 0.25) is 10.0 Å². The molecule has 0 heterocycles. The Labute approximate surface area is 269 Å². The maximum atomic E-state index is 14.4. The number of carbonyl (C=O) groups excluding carboxylic acids is 2. The van der Waals surface area contributed by atoms with Gasteiger partial charge >= 0.3 is 0 Å². The molecule has 0 saturated heterocycles. The van der Waals surface area contributed by atoms with Gasteiger partial charge in [0.2, 0.25) is 11.8 Å². The molecule has 0 saturated carbocycles. The first-order chi connectivity index (χ1) is 21.1. The van der Waals surface area contributed by atoms with E-state index in [1.54, 1.807) is 55.5 Å². The minimum Gasteiger partial charge on any atom is -0.355 e. The number of carbonyl (C=O) groups is 2. The van der Waals surface area contributed by atoms with Crippen molar-refractivity contribution in [3.05, 3.63) is 130 Å². The van der Waals surface area contributed by atoms with Crippen molar-refractivity contribution in [1.29, 1.82) is 0 Å². The van der Waals surface area contributed by atoms with Gasteiger partial charge in [-0.05, 0) is 60.9 Å². The molecule has 0 aliphatic heterocycles. The van der Waals surface area contributed by atoms with Crippen LogP contribution in [0.15, 0.2) is 108 Å². The molecule has 0 unspecified atom stereocenters. The third-order valence-corrected chi connectivity index (χ3v) is 9.75. The molecule has 4 rings (SSSR count).